The van der Waals surface area contributed by atoms with E-state index in [4.69, 9.17) is 4.74 Å². The Kier molecular flexibility index (Phi) is 3.78. The number of nitrogens with zero attached hydrogens (tertiary/aromatic N) is 3. The summed E-state index contributed by atoms with van der Waals surface area (Å²) in [5.74, 6) is -0.279. The number of ether oxygens (including phenoxy) is 1. The van der Waals surface area contributed by atoms with E-state index in [2.05, 4.69) is 41.8 Å². The first-order chi connectivity index (χ1) is 8.10. The Morgan fingerprint density at radius 1 is 1.41 bits per heavy atom. The summed E-state index contributed by atoms with van der Waals surface area (Å²) in [7, 11) is 0. The zero-order valence-corrected chi connectivity index (χ0v) is 12.2. The van der Waals surface area contributed by atoms with E-state index in [1.54, 1.807) is 23.7 Å². The molecule has 0 aromatic carbocycles. The van der Waals surface area contributed by atoms with Gasteiger partial charge in [-0.15, -0.1) is 0 Å². The SMILES string of the molecule is CCOC(=O)Cc1cn2cc(Br)nc(Br)c2n1. The van der Waals surface area contributed by atoms with Crippen LogP contribution in [0.3, 0.4) is 0 Å². The van der Waals surface area contributed by atoms with E-state index in [0.717, 1.165) is 0 Å². The lowest BCUT2D eigenvalue weighted by molar-refractivity contribution is -0.142. The number of rotatable bonds is 3. The largest absolute Gasteiger partial charge is 0.466 e. The third-order valence-corrected chi connectivity index (χ3v) is 2.96. The Labute approximate surface area is 114 Å². The summed E-state index contributed by atoms with van der Waals surface area (Å²) in [4.78, 5) is 19.8. The summed E-state index contributed by atoms with van der Waals surface area (Å²) in [5.41, 5.74) is 1.33. The van der Waals surface area contributed by atoms with E-state index in [1.807, 2.05) is 0 Å². The summed E-state index contributed by atoms with van der Waals surface area (Å²) in [6.45, 7) is 2.15. The van der Waals surface area contributed by atoms with Crippen LogP contribution in [0, 0.1) is 0 Å². The molecule has 0 bridgehead atoms. The predicted octanol–water partition coefficient (Wildman–Crippen LogP) is 2.36. The number of halogens is 2. The van der Waals surface area contributed by atoms with Crippen LogP contribution in [0.1, 0.15) is 12.6 Å². The van der Waals surface area contributed by atoms with Crippen molar-refractivity contribution < 1.29 is 9.53 Å². The number of hydrogen-bond donors (Lipinski definition) is 0. The topological polar surface area (TPSA) is 56.5 Å². The fourth-order valence-corrected chi connectivity index (χ4v) is 2.55. The molecule has 0 aliphatic carbocycles. The van der Waals surface area contributed by atoms with Crippen LogP contribution in [0.5, 0.6) is 0 Å². The average molecular weight is 363 g/mol. The second kappa shape index (κ2) is 5.14. The molecule has 0 saturated heterocycles. The molecule has 0 unspecified atom stereocenters. The van der Waals surface area contributed by atoms with Gasteiger partial charge in [-0.05, 0) is 38.8 Å². The number of carbonyl (C=O) groups is 1. The molecule has 5 nitrogen and oxygen atoms in total. The normalized spacial score (nSPS) is 10.8. The number of hydrogen-bond acceptors (Lipinski definition) is 4. The van der Waals surface area contributed by atoms with Crippen LogP contribution in [0.15, 0.2) is 21.6 Å². The molecule has 0 aliphatic rings. The average Bonchev–Trinajstić information content (AvgIpc) is 2.60. The lowest BCUT2D eigenvalue weighted by Crippen LogP contribution is -2.07. The zero-order valence-electron chi connectivity index (χ0n) is 8.98. The standard InChI is InChI=1S/C10H9Br2N3O2/c1-2-17-8(16)3-6-4-15-5-7(11)14-9(12)10(15)13-6/h4-5H,2-3H2,1H3. The lowest BCUT2D eigenvalue weighted by atomic mass is 10.3. The first-order valence-corrected chi connectivity index (χ1v) is 6.54. The number of aromatic nitrogens is 3. The summed E-state index contributed by atoms with van der Waals surface area (Å²) in [5, 5.41) is 0. The smallest absolute Gasteiger partial charge is 0.311 e. The molecule has 0 fully saturated rings. The highest BCUT2D eigenvalue weighted by molar-refractivity contribution is 9.11. The second-order valence-corrected chi connectivity index (χ2v) is 4.86. The summed E-state index contributed by atoms with van der Waals surface area (Å²) >= 11 is 6.60. The van der Waals surface area contributed by atoms with Gasteiger partial charge in [-0.25, -0.2) is 9.97 Å². The number of imidazole rings is 1. The van der Waals surface area contributed by atoms with Gasteiger partial charge in [-0.2, -0.15) is 0 Å². The molecular formula is C10H9Br2N3O2. The maximum Gasteiger partial charge on any atom is 0.311 e. The van der Waals surface area contributed by atoms with Gasteiger partial charge >= 0.3 is 5.97 Å². The minimum absolute atomic E-state index is 0.166. The van der Waals surface area contributed by atoms with Crippen LogP contribution in [0.25, 0.3) is 5.65 Å². The van der Waals surface area contributed by atoms with Crippen LogP contribution in [0.4, 0.5) is 0 Å². The number of esters is 1. The van der Waals surface area contributed by atoms with Crippen LogP contribution in [-0.2, 0) is 16.0 Å². The molecular weight excluding hydrogens is 354 g/mol. The third kappa shape index (κ3) is 2.84. The minimum atomic E-state index is -0.279. The quantitative estimate of drug-likeness (QED) is 0.786. The molecule has 0 radical (unpaired) electrons. The van der Waals surface area contributed by atoms with Crippen LogP contribution in [-0.4, -0.2) is 26.9 Å². The van der Waals surface area contributed by atoms with Crippen molar-refractivity contribution in [2.45, 2.75) is 13.3 Å². The van der Waals surface area contributed by atoms with Crippen molar-refractivity contribution in [3.05, 3.63) is 27.3 Å². The highest BCUT2D eigenvalue weighted by Crippen LogP contribution is 2.19. The van der Waals surface area contributed by atoms with Gasteiger partial charge < -0.3 is 9.14 Å². The van der Waals surface area contributed by atoms with Gasteiger partial charge in [0.05, 0.1) is 18.7 Å². The highest BCUT2D eigenvalue weighted by atomic mass is 79.9. The number of carbonyl (C=O) groups excluding carboxylic acids is 1. The first-order valence-electron chi connectivity index (χ1n) is 4.95. The molecule has 2 rings (SSSR count). The Balaban J connectivity index is 2.32. The van der Waals surface area contributed by atoms with E-state index in [0.29, 0.717) is 27.2 Å². The molecule has 2 aromatic rings. The van der Waals surface area contributed by atoms with Gasteiger partial charge in [0.25, 0.3) is 0 Å². The molecule has 0 atom stereocenters. The Bertz CT molecular complexity index is 568. The van der Waals surface area contributed by atoms with Gasteiger partial charge in [0.2, 0.25) is 0 Å². The van der Waals surface area contributed by atoms with Gasteiger partial charge in [-0.1, -0.05) is 0 Å². The van der Waals surface area contributed by atoms with Crippen molar-refractivity contribution in [3.8, 4) is 0 Å². The monoisotopic (exact) mass is 361 g/mol. The summed E-state index contributed by atoms with van der Waals surface area (Å²) in [6.07, 6.45) is 3.73. The molecule has 17 heavy (non-hydrogen) atoms. The van der Waals surface area contributed by atoms with Crippen molar-refractivity contribution in [1.82, 2.24) is 14.4 Å². The van der Waals surface area contributed by atoms with Gasteiger partial charge in [0, 0.05) is 12.4 Å². The maximum absolute atomic E-state index is 11.3. The molecule has 0 aliphatic heterocycles. The van der Waals surface area contributed by atoms with Crippen molar-refractivity contribution in [2.24, 2.45) is 0 Å². The molecule has 2 heterocycles. The fraction of sp³-hybridized carbons (Fsp3) is 0.300. The van der Waals surface area contributed by atoms with E-state index in [9.17, 15) is 4.79 Å². The van der Waals surface area contributed by atoms with Crippen LogP contribution < -0.4 is 0 Å². The van der Waals surface area contributed by atoms with Crippen LogP contribution >= 0.6 is 31.9 Å². The van der Waals surface area contributed by atoms with Crippen LogP contribution in [0.2, 0.25) is 0 Å². The molecule has 0 saturated carbocycles. The Morgan fingerprint density at radius 3 is 2.88 bits per heavy atom. The predicted molar refractivity (Wildman–Crippen MR) is 68.7 cm³/mol. The lowest BCUT2D eigenvalue weighted by Gasteiger charge is -1.97. The Morgan fingerprint density at radius 2 is 2.18 bits per heavy atom. The summed E-state index contributed by atoms with van der Waals surface area (Å²) in [6, 6.07) is 0. The molecule has 0 N–H and O–H groups in total. The van der Waals surface area contributed by atoms with Crippen molar-refractivity contribution in [2.75, 3.05) is 6.61 Å². The van der Waals surface area contributed by atoms with Gasteiger partial charge in [-0.3, -0.25) is 4.79 Å². The van der Waals surface area contributed by atoms with E-state index in [1.165, 1.54) is 0 Å². The number of fused-ring (bicyclic) bond motifs is 1. The second-order valence-electron chi connectivity index (χ2n) is 3.30. The van der Waals surface area contributed by atoms with Crippen molar-refractivity contribution in [3.63, 3.8) is 0 Å². The zero-order chi connectivity index (χ0) is 12.4. The Hall–Kier alpha value is -0.950. The van der Waals surface area contributed by atoms with Crippen molar-refractivity contribution >= 4 is 43.5 Å². The summed E-state index contributed by atoms with van der Waals surface area (Å²) < 4.78 is 7.99. The van der Waals surface area contributed by atoms with E-state index >= 15 is 0 Å². The van der Waals surface area contributed by atoms with Gasteiger partial charge in [0.15, 0.2) is 10.3 Å². The first kappa shape index (κ1) is 12.5. The maximum atomic E-state index is 11.3. The highest BCUT2D eigenvalue weighted by Gasteiger charge is 2.11. The minimum Gasteiger partial charge on any atom is -0.466 e. The fourth-order valence-electron chi connectivity index (χ4n) is 1.43. The molecule has 7 heteroatoms. The molecule has 90 valence electrons. The van der Waals surface area contributed by atoms with Gasteiger partial charge in [0.1, 0.15) is 4.60 Å². The molecule has 2 aromatic heterocycles. The van der Waals surface area contributed by atoms with E-state index in [-0.39, 0.29) is 12.4 Å². The van der Waals surface area contributed by atoms with E-state index < -0.39 is 0 Å². The third-order valence-electron chi connectivity index (χ3n) is 2.05. The molecule has 0 amide bonds. The molecule has 0 spiro atoms. The van der Waals surface area contributed by atoms with Crippen molar-refractivity contribution in [1.29, 1.82) is 0 Å².